The molecule has 0 aliphatic carbocycles. The summed E-state index contributed by atoms with van der Waals surface area (Å²) in [6, 6.07) is 14.7. The quantitative estimate of drug-likeness (QED) is 0.543. The highest BCUT2D eigenvalue weighted by Gasteiger charge is 2.32. The molecule has 1 atom stereocenters. The van der Waals surface area contributed by atoms with Crippen LogP contribution in [0.1, 0.15) is 60.5 Å². The van der Waals surface area contributed by atoms with Crippen LogP contribution in [0.2, 0.25) is 0 Å². The van der Waals surface area contributed by atoms with Crippen molar-refractivity contribution < 1.29 is 22.7 Å². The number of nitrogens with one attached hydrogen (secondary N) is 1. The van der Waals surface area contributed by atoms with Gasteiger partial charge >= 0.3 is 5.97 Å². The van der Waals surface area contributed by atoms with E-state index in [1.54, 1.807) is 24.8 Å². The zero-order chi connectivity index (χ0) is 24.7. The van der Waals surface area contributed by atoms with Crippen LogP contribution in [-0.2, 0) is 19.6 Å². The summed E-state index contributed by atoms with van der Waals surface area (Å²) in [4.78, 5) is 27.5. The Bertz CT molecular complexity index is 1090. The highest BCUT2D eigenvalue weighted by Crippen LogP contribution is 2.36. The van der Waals surface area contributed by atoms with Crippen molar-refractivity contribution in [1.29, 1.82) is 0 Å². The van der Waals surface area contributed by atoms with Gasteiger partial charge in [0.1, 0.15) is 0 Å². The van der Waals surface area contributed by atoms with E-state index in [1.807, 2.05) is 37.3 Å². The monoisotopic (exact) mass is 486 g/mol. The molecule has 0 saturated carbocycles. The van der Waals surface area contributed by atoms with Gasteiger partial charge in [-0.1, -0.05) is 43.3 Å². The van der Waals surface area contributed by atoms with Crippen molar-refractivity contribution in [3.8, 4) is 0 Å². The van der Waals surface area contributed by atoms with E-state index in [9.17, 15) is 18.0 Å². The summed E-state index contributed by atoms with van der Waals surface area (Å²) in [5.41, 5.74) is 2.26. The first-order valence-corrected chi connectivity index (χ1v) is 13.3. The molecule has 8 heteroatoms. The fourth-order valence-electron chi connectivity index (χ4n) is 4.60. The zero-order valence-electron chi connectivity index (χ0n) is 20.1. The van der Waals surface area contributed by atoms with Gasteiger partial charge in [-0.25, -0.2) is 13.1 Å². The van der Waals surface area contributed by atoms with E-state index in [0.717, 1.165) is 24.0 Å². The first kappa shape index (κ1) is 25.9. The van der Waals surface area contributed by atoms with Crippen molar-refractivity contribution >= 4 is 21.9 Å². The minimum Gasteiger partial charge on any atom is -0.466 e. The van der Waals surface area contributed by atoms with Crippen molar-refractivity contribution in [1.82, 2.24) is 9.62 Å². The van der Waals surface area contributed by atoms with Crippen LogP contribution in [0.25, 0.3) is 0 Å². The van der Waals surface area contributed by atoms with E-state index in [0.29, 0.717) is 31.7 Å². The number of hydrogen-bond acceptors (Lipinski definition) is 5. The highest BCUT2D eigenvalue weighted by molar-refractivity contribution is 7.89. The number of benzene rings is 2. The summed E-state index contributed by atoms with van der Waals surface area (Å²) < 4.78 is 32.5. The smallest absolute Gasteiger partial charge is 0.306 e. The lowest BCUT2D eigenvalue weighted by Gasteiger charge is -2.36. The van der Waals surface area contributed by atoms with Crippen LogP contribution in [0.3, 0.4) is 0 Å². The van der Waals surface area contributed by atoms with Gasteiger partial charge in [0.05, 0.1) is 17.9 Å². The third-order valence-corrected chi connectivity index (χ3v) is 7.94. The average molecular weight is 487 g/mol. The number of rotatable bonds is 9. The molecule has 7 nitrogen and oxygen atoms in total. The Balaban J connectivity index is 1.74. The lowest BCUT2D eigenvalue weighted by Crippen LogP contribution is -2.40. The van der Waals surface area contributed by atoms with Crippen LogP contribution in [0.5, 0.6) is 0 Å². The van der Waals surface area contributed by atoms with Gasteiger partial charge in [0.15, 0.2) is 0 Å². The molecule has 1 fully saturated rings. The minimum absolute atomic E-state index is 0.0350. The molecule has 0 aromatic heterocycles. The molecule has 0 bridgehead atoms. The number of carbonyl (C=O) groups is 2. The van der Waals surface area contributed by atoms with Crippen LogP contribution in [0, 0.1) is 12.8 Å². The molecule has 34 heavy (non-hydrogen) atoms. The second kappa shape index (κ2) is 11.6. The second-order valence-electron chi connectivity index (χ2n) is 8.63. The second-order valence-corrected chi connectivity index (χ2v) is 10.4. The molecule has 1 heterocycles. The third-order valence-electron chi connectivity index (χ3n) is 6.40. The SMILES string of the molecule is CCNS(=O)(=O)c1ccc(C)c(C(=O)N2CCC(C(CC(=O)OCC)c3ccccc3)CC2)c1. The Kier molecular flexibility index (Phi) is 8.85. The maximum Gasteiger partial charge on any atom is 0.306 e. The zero-order valence-corrected chi connectivity index (χ0v) is 20.9. The summed E-state index contributed by atoms with van der Waals surface area (Å²) in [5, 5.41) is 0. The van der Waals surface area contributed by atoms with Gasteiger partial charge in [-0.05, 0) is 61.8 Å². The summed E-state index contributed by atoms with van der Waals surface area (Å²) in [6.07, 6.45) is 1.85. The summed E-state index contributed by atoms with van der Waals surface area (Å²) >= 11 is 0. The lowest BCUT2D eigenvalue weighted by atomic mass is 9.78. The Morgan fingerprint density at radius 3 is 2.38 bits per heavy atom. The first-order valence-electron chi connectivity index (χ1n) is 11.9. The fourth-order valence-corrected chi connectivity index (χ4v) is 5.67. The Hall–Kier alpha value is -2.71. The largest absolute Gasteiger partial charge is 0.466 e. The minimum atomic E-state index is -3.65. The maximum absolute atomic E-state index is 13.3. The van der Waals surface area contributed by atoms with Crippen molar-refractivity contribution in [2.45, 2.75) is 50.8 Å². The normalized spacial score (nSPS) is 15.7. The molecule has 1 aliphatic rings. The number of aryl methyl sites for hydroxylation is 1. The number of piperidine rings is 1. The van der Waals surface area contributed by atoms with E-state index >= 15 is 0 Å². The number of nitrogens with zero attached hydrogens (tertiary/aromatic N) is 1. The molecule has 1 aliphatic heterocycles. The molecular formula is C26H34N2O5S. The average Bonchev–Trinajstić information content (AvgIpc) is 2.83. The Morgan fingerprint density at radius 1 is 1.09 bits per heavy atom. The van der Waals surface area contributed by atoms with Crippen LogP contribution in [-0.4, -0.2) is 51.4 Å². The van der Waals surface area contributed by atoms with Crippen LogP contribution < -0.4 is 4.72 Å². The molecule has 3 rings (SSSR count). The number of carbonyl (C=O) groups excluding carboxylic acids is 2. The van der Waals surface area contributed by atoms with Gasteiger partial charge in [0.2, 0.25) is 10.0 Å². The van der Waals surface area contributed by atoms with Crippen molar-refractivity contribution in [3.05, 3.63) is 65.2 Å². The number of sulfonamides is 1. The highest BCUT2D eigenvalue weighted by atomic mass is 32.2. The standard InChI is InChI=1S/C26H34N2O5S/c1-4-27-34(31,32)22-12-11-19(3)23(17-22)26(30)28-15-13-21(14-16-28)24(18-25(29)33-5-2)20-9-7-6-8-10-20/h6-12,17,21,24,27H,4-5,13-16,18H2,1-3H3. The van der Waals surface area contributed by atoms with Crippen molar-refractivity contribution in [2.75, 3.05) is 26.2 Å². The number of ether oxygens (including phenoxy) is 1. The molecule has 2 aromatic carbocycles. The van der Waals surface area contributed by atoms with E-state index < -0.39 is 10.0 Å². The van der Waals surface area contributed by atoms with Crippen LogP contribution in [0.4, 0.5) is 0 Å². The molecule has 0 radical (unpaired) electrons. The molecular weight excluding hydrogens is 452 g/mol. The first-order chi connectivity index (χ1) is 16.3. The third kappa shape index (κ3) is 6.24. The number of esters is 1. The van der Waals surface area contributed by atoms with Gasteiger partial charge in [-0.2, -0.15) is 0 Å². The predicted molar refractivity (Wildman–Crippen MR) is 131 cm³/mol. The Morgan fingerprint density at radius 2 is 1.76 bits per heavy atom. The summed E-state index contributed by atoms with van der Waals surface area (Å²) in [5.74, 6) is -0.0828. The Labute approximate surface area is 202 Å². The van der Waals surface area contributed by atoms with Gasteiger partial charge in [0, 0.05) is 25.2 Å². The van der Waals surface area contributed by atoms with E-state index in [-0.39, 0.29) is 35.2 Å². The van der Waals surface area contributed by atoms with Crippen LogP contribution in [0.15, 0.2) is 53.4 Å². The molecule has 0 spiro atoms. The number of amides is 1. The van der Waals surface area contributed by atoms with E-state index in [2.05, 4.69) is 4.72 Å². The molecule has 1 unspecified atom stereocenters. The van der Waals surface area contributed by atoms with Gasteiger partial charge < -0.3 is 9.64 Å². The molecule has 1 saturated heterocycles. The van der Waals surface area contributed by atoms with Gasteiger partial charge in [-0.15, -0.1) is 0 Å². The van der Waals surface area contributed by atoms with E-state index in [1.165, 1.54) is 12.1 Å². The molecule has 1 N–H and O–H groups in total. The summed E-state index contributed by atoms with van der Waals surface area (Å²) in [7, 11) is -3.65. The summed E-state index contributed by atoms with van der Waals surface area (Å²) in [6.45, 7) is 7.08. The van der Waals surface area contributed by atoms with E-state index in [4.69, 9.17) is 4.74 Å². The van der Waals surface area contributed by atoms with Crippen LogP contribution >= 0.6 is 0 Å². The maximum atomic E-state index is 13.3. The van der Waals surface area contributed by atoms with Gasteiger partial charge in [-0.3, -0.25) is 9.59 Å². The van der Waals surface area contributed by atoms with Crippen molar-refractivity contribution in [2.24, 2.45) is 5.92 Å². The molecule has 2 aromatic rings. The lowest BCUT2D eigenvalue weighted by molar-refractivity contribution is -0.144. The van der Waals surface area contributed by atoms with Gasteiger partial charge in [0.25, 0.3) is 5.91 Å². The predicted octanol–water partition coefficient (Wildman–Crippen LogP) is 3.88. The number of likely N-dealkylation sites (tertiary alicyclic amines) is 1. The fraction of sp³-hybridized carbons (Fsp3) is 0.462. The molecule has 1 amide bonds. The number of hydrogen-bond donors (Lipinski definition) is 1. The van der Waals surface area contributed by atoms with Crippen molar-refractivity contribution in [3.63, 3.8) is 0 Å². The topological polar surface area (TPSA) is 92.8 Å². The molecule has 184 valence electrons.